The van der Waals surface area contributed by atoms with Gasteiger partial charge in [0.2, 0.25) is 5.91 Å². The van der Waals surface area contributed by atoms with E-state index in [1.807, 2.05) is 24.3 Å². The zero-order valence-corrected chi connectivity index (χ0v) is 18.8. The summed E-state index contributed by atoms with van der Waals surface area (Å²) in [6, 6.07) is 10.8. The molecule has 0 bridgehead atoms. The van der Waals surface area contributed by atoms with E-state index in [2.05, 4.69) is 11.8 Å². The molecule has 176 valence electrons. The first-order valence-corrected chi connectivity index (χ1v) is 11.4. The molecule has 2 aromatic rings. The van der Waals surface area contributed by atoms with Gasteiger partial charge in [0.1, 0.15) is 23.9 Å². The minimum absolute atomic E-state index is 0.164. The van der Waals surface area contributed by atoms with Gasteiger partial charge in [-0.25, -0.2) is 8.78 Å². The molecule has 2 aromatic carbocycles. The number of nitrogens with zero attached hydrogens (tertiary/aromatic N) is 3. The number of carbonyl (C=O) groups is 2. The second-order valence-corrected chi connectivity index (χ2v) is 8.62. The SMILES string of the molecule is C[C@@H]1CCCN1CCCOc1ccc(N2CCN(C(=O)c3ccc(F)cc3F)CC2=O)cc1. The van der Waals surface area contributed by atoms with E-state index in [1.165, 1.54) is 24.3 Å². The number of hydrogen-bond donors (Lipinski definition) is 0. The summed E-state index contributed by atoms with van der Waals surface area (Å²) >= 11 is 0. The van der Waals surface area contributed by atoms with Gasteiger partial charge < -0.3 is 19.4 Å². The first-order chi connectivity index (χ1) is 15.9. The summed E-state index contributed by atoms with van der Waals surface area (Å²) in [6.45, 7) is 5.51. The number of ether oxygens (including phenoxy) is 1. The number of benzene rings is 2. The Morgan fingerprint density at radius 3 is 2.55 bits per heavy atom. The van der Waals surface area contributed by atoms with Crippen LogP contribution in [0.4, 0.5) is 14.5 Å². The number of carbonyl (C=O) groups excluding carboxylic acids is 2. The van der Waals surface area contributed by atoms with Crippen molar-refractivity contribution in [2.45, 2.75) is 32.2 Å². The molecule has 8 heteroatoms. The molecule has 0 spiro atoms. The van der Waals surface area contributed by atoms with Crippen LogP contribution in [0.2, 0.25) is 0 Å². The van der Waals surface area contributed by atoms with Gasteiger partial charge in [-0.3, -0.25) is 9.59 Å². The molecule has 0 radical (unpaired) electrons. The Morgan fingerprint density at radius 2 is 1.88 bits per heavy atom. The van der Waals surface area contributed by atoms with Crippen LogP contribution in [0.5, 0.6) is 5.75 Å². The van der Waals surface area contributed by atoms with Crippen molar-refractivity contribution in [2.75, 3.05) is 44.2 Å². The van der Waals surface area contributed by atoms with Crippen molar-refractivity contribution in [2.24, 2.45) is 0 Å². The number of halogens is 2. The summed E-state index contributed by atoms with van der Waals surface area (Å²) in [5, 5.41) is 0. The van der Waals surface area contributed by atoms with Crippen molar-refractivity contribution < 1.29 is 23.1 Å². The van der Waals surface area contributed by atoms with Crippen LogP contribution in [0.3, 0.4) is 0 Å². The van der Waals surface area contributed by atoms with Crippen LogP contribution < -0.4 is 9.64 Å². The maximum absolute atomic E-state index is 13.9. The highest BCUT2D eigenvalue weighted by Crippen LogP contribution is 2.23. The van der Waals surface area contributed by atoms with Gasteiger partial charge >= 0.3 is 0 Å². The first kappa shape index (κ1) is 23.2. The van der Waals surface area contributed by atoms with Gasteiger partial charge in [-0.1, -0.05) is 0 Å². The van der Waals surface area contributed by atoms with Crippen LogP contribution in [0.25, 0.3) is 0 Å². The van der Waals surface area contributed by atoms with E-state index in [4.69, 9.17) is 4.74 Å². The van der Waals surface area contributed by atoms with E-state index in [9.17, 15) is 18.4 Å². The Labute approximate surface area is 192 Å². The zero-order chi connectivity index (χ0) is 23.4. The molecule has 2 amide bonds. The Bertz CT molecular complexity index is 999. The lowest BCUT2D eigenvalue weighted by Crippen LogP contribution is -2.52. The van der Waals surface area contributed by atoms with Gasteiger partial charge in [0, 0.05) is 37.4 Å². The highest BCUT2D eigenvalue weighted by Gasteiger charge is 2.30. The third-order valence-corrected chi connectivity index (χ3v) is 6.37. The molecule has 2 fully saturated rings. The van der Waals surface area contributed by atoms with Crippen LogP contribution in [0.1, 0.15) is 36.5 Å². The molecular formula is C25H29F2N3O3. The number of hydrogen-bond acceptors (Lipinski definition) is 4. The van der Waals surface area contributed by atoms with Crippen LogP contribution in [0.15, 0.2) is 42.5 Å². The van der Waals surface area contributed by atoms with E-state index >= 15 is 0 Å². The lowest BCUT2D eigenvalue weighted by atomic mass is 10.1. The van der Waals surface area contributed by atoms with Gasteiger partial charge in [-0.05, 0) is 69.1 Å². The van der Waals surface area contributed by atoms with E-state index in [0.29, 0.717) is 25.3 Å². The maximum Gasteiger partial charge on any atom is 0.257 e. The molecule has 6 nitrogen and oxygen atoms in total. The molecule has 2 aliphatic heterocycles. The number of anilines is 1. The van der Waals surface area contributed by atoms with E-state index in [0.717, 1.165) is 36.5 Å². The average Bonchev–Trinajstić information content (AvgIpc) is 3.21. The molecule has 2 heterocycles. The molecule has 2 aliphatic rings. The Hall–Kier alpha value is -3.00. The second kappa shape index (κ2) is 10.3. The molecule has 0 N–H and O–H groups in total. The van der Waals surface area contributed by atoms with E-state index in [-0.39, 0.29) is 24.6 Å². The quantitative estimate of drug-likeness (QED) is 0.595. The largest absolute Gasteiger partial charge is 0.494 e. The first-order valence-electron chi connectivity index (χ1n) is 11.4. The predicted molar refractivity (Wildman–Crippen MR) is 121 cm³/mol. The maximum atomic E-state index is 13.9. The van der Waals surface area contributed by atoms with Gasteiger partial charge in [0.05, 0.1) is 12.2 Å². The Morgan fingerprint density at radius 1 is 1.09 bits per heavy atom. The van der Waals surface area contributed by atoms with Crippen LogP contribution in [-0.4, -0.2) is 67.0 Å². The predicted octanol–water partition coefficient (Wildman–Crippen LogP) is 3.71. The molecule has 2 saturated heterocycles. The van der Waals surface area contributed by atoms with Crippen LogP contribution >= 0.6 is 0 Å². The average molecular weight is 458 g/mol. The van der Waals surface area contributed by atoms with Crippen molar-refractivity contribution in [1.82, 2.24) is 9.80 Å². The summed E-state index contributed by atoms with van der Waals surface area (Å²) in [6.07, 6.45) is 3.51. The smallest absolute Gasteiger partial charge is 0.257 e. The van der Waals surface area contributed by atoms with Crippen molar-refractivity contribution in [3.8, 4) is 5.75 Å². The lowest BCUT2D eigenvalue weighted by molar-refractivity contribution is -0.120. The molecule has 0 aromatic heterocycles. The van der Waals surface area contributed by atoms with E-state index in [1.54, 1.807) is 4.90 Å². The third kappa shape index (κ3) is 5.50. The second-order valence-electron chi connectivity index (χ2n) is 8.62. The van der Waals surface area contributed by atoms with Gasteiger partial charge in [-0.2, -0.15) is 0 Å². The highest BCUT2D eigenvalue weighted by atomic mass is 19.1. The number of amides is 2. The summed E-state index contributed by atoms with van der Waals surface area (Å²) in [7, 11) is 0. The fourth-order valence-electron chi connectivity index (χ4n) is 4.46. The Balaban J connectivity index is 1.27. The fraction of sp³-hybridized carbons (Fsp3) is 0.440. The van der Waals surface area contributed by atoms with Crippen LogP contribution in [-0.2, 0) is 4.79 Å². The molecule has 0 unspecified atom stereocenters. The minimum Gasteiger partial charge on any atom is -0.494 e. The normalized spacial score (nSPS) is 19.2. The summed E-state index contributed by atoms with van der Waals surface area (Å²) in [4.78, 5) is 30.6. The number of piperazine rings is 1. The molecule has 1 atom stereocenters. The molecular weight excluding hydrogens is 428 g/mol. The number of likely N-dealkylation sites (tertiary alicyclic amines) is 1. The summed E-state index contributed by atoms with van der Waals surface area (Å²) < 4.78 is 32.9. The monoisotopic (exact) mass is 457 g/mol. The fourth-order valence-corrected chi connectivity index (χ4v) is 4.46. The van der Waals surface area contributed by atoms with Crippen molar-refractivity contribution in [3.63, 3.8) is 0 Å². The van der Waals surface area contributed by atoms with Crippen molar-refractivity contribution >= 4 is 17.5 Å². The highest BCUT2D eigenvalue weighted by molar-refractivity contribution is 6.01. The zero-order valence-electron chi connectivity index (χ0n) is 18.8. The Kier molecular flexibility index (Phi) is 7.23. The standard InChI is InChI=1S/C25H29F2N3O3/c1-18-4-2-11-28(18)12-3-15-33-21-8-6-20(7-9-21)30-14-13-29(17-24(30)31)25(32)22-10-5-19(26)16-23(22)27/h5-10,16,18H,2-4,11-15,17H2,1H3/t18-/m1/s1. The summed E-state index contributed by atoms with van der Waals surface area (Å²) in [5.74, 6) is -1.81. The topological polar surface area (TPSA) is 53.1 Å². The third-order valence-electron chi connectivity index (χ3n) is 6.37. The molecule has 0 saturated carbocycles. The molecule has 0 aliphatic carbocycles. The van der Waals surface area contributed by atoms with Gasteiger partial charge in [0.15, 0.2) is 0 Å². The molecule has 33 heavy (non-hydrogen) atoms. The van der Waals surface area contributed by atoms with Gasteiger partial charge in [0.25, 0.3) is 5.91 Å². The van der Waals surface area contributed by atoms with Gasteiger partial charge in [-0.15, -0.1) is 0 Å². The van der Waals surface area contributed by atoms with E-state index < -0.39 is 17.5 Å². The van der Waals surface area contributed by atoms with Crippen molar-refractivity contribution in [1.29, 1.82) is 0 Å². The van der Waals surface area contributed by atoms with Crippen LogP contribution in [0, 0.1) is 11.6 Å². The van der Waals surface area contributed by atoms with Crippen molar-refractivity contribution in [3.05, 3.63) is 59.7 Å². The lowest BCUT2D eigenvalue weighted by Gasteiger charge is -2.34. The molecule has 4 rings (SSSR count). The minimum atomic E-state index is -0.930. The number of rotatable bonds is 7. The summed E-state index contributed by atoms with van der Waals surface area (Å²) in [5.41, 5.74) is 0.483.